The van der Waals surface area contributed by atoms with Crippen molar-refractivity contribution in [2.45, 2.75) is 39.0 Å². The molecule has 0 spiro atoms. The first-order valence-electron chi connectivity index (χ1n) is 11.4. The number of hydrogen-bond acceptors (Lipinski definition) is 4. The summed E-state index contributed by atoms with van der Waals surface area (Å²) in [6.07, 6.45) is 0.113. The Labute approximate surface area is 204 Å². The second kappa shape index (κ2) is 10.6. The van der Waals surface area contributed by atoms with Crippen LogP contribution in [0.4, 0.5) is 4.79 Å². The molecule has 3 aromatic carbocycles. The minimum Gasteiger partial charge on any atom is -0.478 e. The summed E-state index contributed by atoms with van der Waals surface area (Å²) in [6.45, 7) is 4.54. The van der Waals surface area contributed by atoms with Gasteiger partial charge >= 0.3 is 12.0 Å². The molecule has 184 valence electrons. The number of nitrogens with zero attached hydrogens (tertiary/aromatic N) is 1. The monoisotopic (exact) mass is 477 g/mol. The molecule has 0 aromatic heterocycles. The highest BCUT2D eigenvalue weighted by Gasteiger charge is 2.41. The molecule has 0 aliphatic rings. The van der Waals surface area contributed by atoms with Crippen LogP contribution in [0.1, 0.15) is 26.3 Å². The number of nitrogens with two attached hydrogens (primary N) is 1. The van der Waals surface area contributed by atoms with E-state index in [0.29, 0.717) is 0 Å². The zero-order chi connectivity index (χ0) is 25.8. The molecule has 8 heteroatoms. The van der Waals surface area contributed by atoms with Crippen LogP contribution in [0, 0.1) is 5.92 Å². The molecule has 0 fully saturated rings. The van der Waals surface area contributed by atoms with Crippen LogP contribution in [0.25, 0.3) is 21.9 Å². The molecule has 0 aliphatic carbocycles. The molecule has 0 heterocycles. The fourth-order valence-corrected chi connectivity index (χ4v) is 3.92. The van der Waals surface area contributed by atoms with Gasteiger partial charge in [-0.05, 0) is 40.3 Å². The number of fused-ring (bicyclic) bond motifs is 1. The number of aliphatic hydroxyl groups is 1. The van der Waals surface area contributed by atoms with Gasteiger partial charge in [0.15, 0.2) is 0 Å². The third-order valence-corrected chi connectivity index (χ3v) is 5.86. The van der Waals surface area contributed by atoms with E-state index in [1.807, 2.05) is 48.5 Å². The van der Waals surface area contributed by atoms with Crippen LogP contribution < -0.4 is 11.1 Å². The predicted molar refractivity (Wildman–Crippen MR) is 134 cm³/mol. The number of carboxylic acids is 1. The Morgan fingerprint density at radius 3 is 2.23 bits per heavy atom. The first-order chi connectivity index (χ1) is 16.5. The Hall–Kier alpha value is -3.91. The summed E-state index contributed by atoms with van der Waals surface area (Å²) in [5, 5.41) is 24.5. The number of urea groups is 1. The summed E-state index contributed by atoms with van der Waals surface area (Å²) < 4.78 is 0. The Balaban J connectivity index is 1.80. The number of benzene rings is 3. The van der Waals surface area contributed by atoms with Crippen molar-refractivity contribution in [1.29, 1.82) is 0 Å². The van der Waals surface area contributed by atoms with E-state index in [-0.39, 0.29) is 18.9 Å². The van der Waals surface area contributed by atoms with Crippen molar-refractivity contribution in [3.63, 3.8) is 0 Å². The fourth-order valence-electron chi connectivity index (χ4n) is 3.92. The van der Waals surface area contributed by atoms with Crippen LogP contribution in [-0.4, -0.2) is 51.3 Å². The van der Waals surface area contributed by atoms with E-state index >= 15 is 0 Å². The predicted octanol–water partition coefficient (Wildman–Crippen LogP) is 3.36. The minimum absolute atomic E-state index is 0.0314. The number of aliphatic carboxylic acids is 1. The maximum Gasteiger partial charge on any atom is 0.357 e. The van der Waals surface area contributed by atoms with E-state index in [0.717, 1.165) is 39.3 Å². The average Bonchev–Trinajstić information content (AvgIpc) is 2.81. The quantitative estimate of drug-likeness (QED) is 0.351. The van der Waals surface area contributed by atoms with Gasteiger partial charge in [0, 0.05) is 13.0 Å². The summed E-state index contributed by atoms with van der Waals surface area (Å²) in [5.41, 5.74) is 5.93. The Kier molecular flexibility index (Phi) is 7.76. The summed E-state index contributed by atoms with van der Waals surface area (Å²) in [6, 6.07) is 19.8. The molecular weight excluding hydrogens is 446 g/mol. The molecule has 3 aromatic rings. The molecule has 0 saturated heterocycles. The van der Waals surface area contributed by atoms with Crippen LogP contribution in [0.5, 0.6) is 0 Å². The molecule has 0 saturated carbocycles. The largest absolute Gasteiger partial charge is 0.478 e. The average molecular weight is 478 g/mol. The SMILES string of the molecule is CC(C)CN(C(=O)NC(Cc1ccc(-c2cccc3ccccc23)cc1)C(N)=O)C(C)(O)C(=O)O. The van der Waals surface area contributed by atoms with Gasteiger partial charge in [0.2, 0.25) is 11.6 Å². The van der Waals surface area contributed by atoms with E-state index in [1.165, 1.54) is 0 Å². The number of rotatable bonds is 9. The van der Waals surface area contributed by atoms with Gasteiger partial charge in [-0.3, -0.25) is 9.69 Å². The molecule has 0 aliphatic heterocycles. The number of amides is 3. The smallest absolute Gasteiger partial charge is 0.357 e. The molecular formula is C27H31N3O5. The van der Waals surface area contributed by atoms with Crippen molar-refractivity contribution < 1.29 is 24.6 Å². The maximum absolute atomic E-state index is 12.9. The molecule has 0 radical (unpaired) electrons. The highest BCUT2D eigenvalue weighted by molar-refractivity contribution is 5.96. The normalized spacial score (nSPS) is 13.7. The van der Waals surface area contributed by atoms with E-state index in [1.54, 1.807) is 13.8 Å². The molecule has 5 N–H and O–H groups in total. The molecule has 0 bridgehead atoms. The summed E-state index contributed by atoms with van der Waals surface area (Å²) in [7, 11) is 0. The third-order valence-electron chi connectivity index (χ3n) is 5.86. The van der Waals surface area contributed by atoms with Crippen molar-refractivity contribution in [2.75, 3.05) is 6.54 Å². The van der Waals surface area contributed by atoms with Crippen LogP contribution in [-0.2, 0) is 16.0 Å². The fraction of sp³-hybridized carbons (Fsp3) is 0.296. The zero-order valence-corrected chi connectivity index (χ0v) is 20.1. The van der Waals surface area contributed by atoms with E-state index in [4.69, 9.17) is 5.73 Å². The lowest BCUT2D eigenvalue weighted by molar-refractivity contribution is -0.173. The Bertz CT molecular complexity index is 1220. The third kappa shape index (κ3) is 5.96. The number of carboxylic acid groups (broad SMARTS) is 1. The lowest BCUT2D eigenvalue weighted by atomic mass is 9.96. The lowest BCUT2D eigenvalue weighted by Crippen LogP contribution is -2.61. The van der Waals surface area contributed by atoms with Crippen LogP contribution in [0.2, 0.25) is 0 Å². The standard InChI is InChI=1S/C27H31N3O5/c1-17(2)16-30(27(3,35)25(32)33)26(34)29-23(24(28)31)15-18-11-13-20(14-12-18)22-10-6-8-19-7-4-5-9-21(19)22/h4-14,17,23,35H,15-16H2,1-3H3,(H2,28,31)(H,29,34)(H,32,33). The van der Waals surface area contributed by atoms with Gasteiger partial charge < -0.3 is 21.3 Å². The van der Waals surface area contributed by atoms with Gasteiger partial charge in [-0.25, -0.2) is 9.59 Å². The number of primary amides is 1. The molecule has 2 atom stereocenters. The molecule has 3 amide bonds. The first kappa shape index (κ1) is 25.7. The Morgan fingerprint density at radius 2 is 1.63 bits per heavy atom. The number of carbonyl (C=O) groups is 3. The van der Waals surface area contributed by atoms with Gasteiger partial charge in [-0.1, -0.05) is 80.6 Å². The van der Waals surface area contributed by atoms with Gasteiger partial charge in [-0.15, -0.1) is 0 Å². The maximum atomic E-state index is 12.9. The van der Waals surface area contributed by atoms with E-state index in [9.17, 15) is 24.6 Å². The Morgan fingerprint density at radius 1 is 1.00 bits per heavy atom. The highest BCUT2D eigenvalue weighted by atomic mass is 16.4. The summed E-state index contributed by atoms with van der Waals surface area (Å²) in [5.74, 6) is -2.47. The number of hydrogen-bond donors (Lipinski definition) is 4. The van der Waals surface area contributed by atoms with Crippen molar-refractivity contribution in [3.8, 4) is 11.1 Å². The first-order valence-corrected chi connectivity index (χ1v) is 11.4. The van der Waals surface area contributed by atoms with Crippen molar-refractivity contribution in [1.82, 2.24) is 10.2 Å². The topological polar surface area (TPSA) is 133 Å². The van der Waals surface area contributed by atoms with Crippen LogP contribution in [0.15, 0.2) is 66.7 Å². The van der Waals surface area contributed by atoms with Gasteiger partial charge in [-0.2, -0.15) is 0 Å². The van der Waals surface area contributed by atoms with Gasteiger partial charge in [0.05, 0.1) is 0 Å². The molecule has 35 heavy (non-hydrogen) atoms. The zero-order valence-electron chi connectivity index (χ0n) is 20.1. The van der Waals surface area contributed by atoms with E-state index in [2.05, 4.69) is 23.5 Å². The lowest BCUT2D eigenvalue weighted by Gasteiger charge is -2.35. The summed E-state index contributed by atoms with van der Waals surface area (Å²) >= 11 is 0. The summed E-state index contributed by atoms with van der Waals surface area (Å²) in [4.78, 5) is 37.3. The van der Waals surface area contributed by atoms with Gasteiger partial charge in [0.1, 0.15) is 6.04 Å². The molecule has 2 unspecified atom stereocenters. The minimum atomic E-state index is -2.45. The van der Waals surface area contributed by atoms with Crippen molar-refractivity contribution >= 4 is 28.7 Å². The molecule has 8 nitrogen and oxygen atoms in total. The number of carbonyl (C=O) groups excluding carboxylic acids is 2. The van der Waals surface area contributed by atoms with E-state index < -0.39 is 29.7 Å². The van der Waals surface area contributed by atoms with Gasteiger partial charge in [0.25, 0.3) is 0 Å². The van der Waals surface area contributed by atoms with Crippen molar-refractivity contribution in [3.05, 3.63) is 72.3 Å². The highest BCUT2D eigenvalue weighted by Crippen LogP contribution is 2.28. The molecule has 3 rings (SSSR count). The van der Waals surface area contributed by atoms with Crippen molar-refractivity contribution in [2.24, 2.45) is 11.7 Å². The van der Waals surface area contributed by atoms with Crippen LogP contribution in [0.3, 0.4) is 0 Å². The second-order valence-electron chi connectivity index (χ2n) is 9.16. The number of nitrogens with one attached hydrogen (secondary N) is 1. The van der Waals surface area contributed by atoms with Crippen LogP contribution >= 0.6 is 0 Å². The second-order valence-corrected chi connectivity index (χ2v) is 9.16.